The molecule has 2 rings (SSSR count). The van der Waals surface area contributed by atoms with Crippen LogP contribution in [0, 0.1) is 10.1 Å². The topological polar surface area (TPSA) is 61.6 Å². The fourth-order valence-corrected chi connectivity index (χ4v) is 2.08. The van der Waals surface area contributed by atoms with Gasteiger partial charge in [0.1, 0.15) is 6.61 Å². The van der Waals surface area contributed by atoms with E-state index in [0.717, 1.165) is 0 Å². The first kappa shape index (κ1) is 14.3. The second-order valence-corrected chi connectivity index (χ2v) is 4.84. The van der Waals surface area contributed by atoms with E-state index < -0.39 is 4.92 Å². The average Bonchev–Trinajstić information content (AvgIpc) is 2.46. The number of ether oxygens (including phenoxy) is 2. The van der Waals surface area contributed by atoms with Gasteiger partial charge in [-0.15, -0.1) is 0 Å². The summed E-state index contributed by atoms with van der Waals surface area (Å²) in [7, 11) is 1.56. The summed E-state index contributed by atoms with van der Waals surface area (Å²) in [6, 6.07) is 12.1. The van der Waals surface area contributed by atoms with Gasteiger partial charge in [-0.25, -0.2) is 0 Å². The van der Waals surface area contributed by atoms with Crippen molar-refractivity contribution in [3.05, 3.63) is 62.6 Å². The summed E-state index contributed by atoms with van der Waals surface area (Å²) in [6.45, 7) is 0.231. The lowest BCUT2D eigenvalue weighted by atomic mass is 10.2. The Labute approximate surface area is 124 Å². The summed E-state index contributed by atoms with van der Waals surface area (Å²) in [5.41, 5.74) is 0.733. The Hall–Kier alpha value is -2.08. The van der Waals surface area contributed by atoms with Crippen LogP contribution in [0.25, 0.3) is 0 Å². The van der Waals surface area contributed by atoms with Gasteiger partial charge in [0.25, 0.3) is 5.69 Å². The fraction of sp³-hybridized carbons (Fsp3) is 0.143. The van der Waals surface area contributed by atoms with Crippen molar-refractivity contribution in [1.29, 1.82) is 0 Å². The predicted molar refractivity (Wildman–Crippen MR) is 78.1 cm³/mol. The summed E-state index contributed by atoms with van der Waals surface area (Å²) < 4.78 is 11.2. The molecule has 0 heterocycles. The Kier molecular flexibility index (Phi) is 4.57. The van der Waals surface area contributed by atoms with Crippen LogP contribution in [0.4, 0.5) is 5.69 Å². The largest absolute Gasteiger partial charge is 0.493 e. The number of hydrogen-bond donors (Lipinski definition) is 0. The third kappa shape index (κ3) is 3.27. The third-order valence-electron chi connectivity index (χ3n) is 2.67. The van der Waals surface area contributed by atoms with E-state index in [-0.39, 0.29) is 12.3 Å². The van der Waals surface area contributed by atoms with Crippen molar-refractivity contribution < 1.29 is 14.4 Å². The Morgan fingerprint density at radius 1 is 1.20 bits per heavy atom. The molecular weight excluding hydrogens is 326 g/mol. The van der Waals surface area contributed by atoms with Crippen molar-refractivity contribution in [2.45, 2.75) is 6.61 Å². The molecule has 0 bridgehead atoms. The molecule has 0 saturated carbocycles. The quantitative estimate of drug-likeness (QED) is 0.612. The molecule has 5 nitrogen and oxygen atoms in total. The summed E-state index contributed by atoms with van der Waals surface area (Å²) in [4.78, 5) is 10.4. The van der Waals surface area contributed by atoms with Crippen molar-refractivity contribution in [2.24, 2.45) is 0 Å². The number of methoxy groups -OCH3 is 1. The van der Waals surface area contributed by atoms with Gasteiger partial charge < -0.3 is 9.47 Å². The lowest BCUT2D eigenvalue weighted by Crippen LogP contribution is -1.99. The first-order valence-corrected chi connectivity index (χ1v) is 6.59. The second-order valence-electron chi connectivity index (χ2n) is 3.98. The van der Waals surface area contributed by atoms with Gasteiger partial charge in [-0.2, -0.15) is 0 Å². The monoisotopic (exact) mass is 337 g/mol. The normalized spacial score (nSPS) is 10.1. The SMILES string of the molecule is COc1ccccc1OCc1ccc(Br)c([N+](=O)[O-])c1. The minimum Gasteiger partial charge on any atom is -0.493 e. The molecule has 0 aliphatic rings. The highest BCUT2D eigenvalue weighted by atomic mass is 79.9. The molecule has 0 atom stereocenters. The highest BCUT2D eigenvalue weighted by molar-refractivity contribution is 9.10. The van der Waals surface area contributed by atoms with Crippen LogP contribution in [-0.4, -0.2) is 12.0 Å². The van der Waals surface area contributed by atoms with Gasteiger partial charge in [0.15, 0.2) is 11.5 Å². The van der Waals surface area contributed by atoms with E-state index in [1.165, 1.54) is 6.07 Å². The Balaban J connectivity index is 2.15. The van der Waals surface area contributed by atoms with Gasteiger partial charge in [-0.05, 0) is 39.7 Å². The maximum absolute atomic E-state index is 10.9. The molecular formula is C14H12BrNO4. The van der Waals surface area contributed by atoms with Gasteiger partial charge in [0, 0.05) is 6.07 Å². The highest BCUT2D eigenvalue weighted by Gasteiger charge is 2.12. The van der Waals surface area contributed by atoms with E-state index in [1.54, 1.807) is 31.4 Å². The first-order chi connectivity index (χ1) is 9.61. The number of para-hydroxylation sites is 2. The molecule has 2 aromatic carbocycles. The molecule has 0 saturated heterocycles. The summed E-state index contributed by atoms with van der Waals surface area (Å²) >= 11 is 3.15. The maximum Gasteiger partial charge on any atom is 0.283 e. The van der Waals surface area contributed by atoms with Crippen LogP contribution in [0.3, 0.4) is 0 Å². The summed E-state index contributed by atoms with van der Waals surface area (Å²) in [6.07, 6.45) is 0. The maximum atomic E-state index is 10.9. The molecule has 0 aliphatic carbocycles. The zero-order valence-electron chi connectivity index (χ0n) is 10.7. The molecule has 104 valence electrons. The van der Waals surface area contributed by atoms with E-state index >= 15 is 0 Å². The third-order valence-corrected chi connectivity index (χ3v) is 3.34. The zero-order chi connectivity index (χ0) is 14.5. The molecule has 0 aromatic heterocycles. The van der Waals surface area contributed by atoms with Crippen molar-refractivity contribution >= 4 is 21.6 Å². The molecule has 20 heavy (non-hydrogen) atoms. The van der Waals surface area contributed by atoms with E-state index in [9.17, 15) is 10.1 Å². The van der Waals surface area contributed by atoms with Crippen LogP contribution >= 0.6 is 15.9 Å². The van der Waals surface area contributed by atoms with Gasteiger partial charge >= 0.3 is 0 Å². The van der Waals surface area contributed by atoms with Gasteiger partial charge in [-0.3, -0.25) is 10.1 Å². The van der Waals surface area contributed by atoms with E-state index in [0.29, 0.717) is 21.5 Å². The lowest BCUT2D eigenvalue weighted by molar-refractivity contribution is -0.385. The van der Waals surface area contributed by atoms with Crippen LogP contribution in [0.15, 0.2) is 46.9 Å². The molecule has 6 heteroatoms. The molecule has 0 fully saturated rings. The predicted octanol–water partition coefficient (Wildman–Crippen LogP) is 3.94. The molecule has 0 spiro atoms. The average molecular weight is 338 g/mol. The van der Waals surface area contributed by atoms with Gasteiger partial charge in [0.2, 0.25) is 0 Å². The zero-order valence-corrected chi connectivity index (χ0v) is 12.3. The number of hydrogen-bond acceptors (Lipinski definition) is 4. The lowest BCUT2D eigenvalue weighted by Gasteiger charge is -2.10. The molecule has 0 amide bonds. The highest BCUT2D eigenvalue weighted by Crippen LogP contribution is 2.29. The van der Waals surface area contributed by atoms with E-state index in [2.05, 4.69) is 15.9 Å². The Morgan fingerprint density at radius 3 is 2.55 bits per heavy atom. The Bertz CT molecular complexity index is 630. The molecule has 0 unspecified atom stereocenters. The van der Waals surface area contributed by atoms with E-state index in [4.69, 9.17) is 9.47 Å². The first-order valence-electron chi connectivity index (χ1n) is 5.80. The van der Waals surface area contributed by atoms with Crippen molar-refractivity contribution in [2.75, 3.05) is 7.11 Å². The molecule has 0 N–H and O–H groups in total. The van der Waals surface area contributed by atoms with Crippen molar-refractivity contribution in [3.8, 4) is 11.5 Å². The van der Waals surface area contributed by atoms with Crippen LogP contribution in [0.1, 0.15) is 5.56 Å². The summed E-state index contributed by atoms with van der Waals surface area (Å²) in [5.74, 6) is 1.22. The minimum absolute atomic E-state index is 0.0196. The molecule has 0 radical (unpaired) electrons. The smallest absolute Gasteiger partial charge is 0.283 e. The van der Waals surface area contributed by atoms with Crippen LogP contribution < -0.4 is 9.47 Å². The number of rotatable bonds is 5. The van der Waals surface area contributed by atoms with Crippen LogP contribution in [0.2, 0.25) is 0 Å². The number of nitro groups is 1. The van der Waals surface area contributed by atoms with Crippen LogP contribution in [-0.2, 0) is 6.61 Å². The van der Waals surface area contributed by atoms with Gasteiger partial charge in [0.05, 0.1) is 16.5 Å². The molecule has 2 aromatic rings. The van der Waals surface area contributed by atoms with Crippen molar-refractivity contribution in [3.63, 3.8) is 0 Å². The Morgan fingerprint density at radius 2 is 1.90 bits per heavy atom. The standard InChI is InChI=1S/C14H12BrNO4/c1-19-13-4-2-3-5-14(13)20-9-10-6-7-11(15)12(8-10)16(17)18/h2-8H,9H2,1H3. The van der Waals surface area contributed by atoms with E-state index in [1.807, 2.05) is 12.1 Å². The van der Waals surface area contributed by atoms with Crippen molar-refractivity contribution in [1.82, 2.24) is 0 Å². The number of benzene rings is 2. The van der Waals surface area contributed by atoms with Gasteiger partial charge in [-0.1, -0.05) is 18.2 Å². The number of halogens is 1. The summed E-state index contributed by atoms with van der Waals surface area (Å²) in [5, 5.41) is 10.9. The molecule has 0 aliphatic heterocycles. The van der Waals surface area contributed by atoms with Crippen LogP contribution in [0.5, 0.6) is 11.5 Å². The number of nitrogens with zero attached hydrogens (tertiary/aromatic N) is 1. The fourth-order valence-electron chi connectivity index (χ4n) is 1.69. The second kappa shape index (κ2) is 6.38. The minimum atomic E-state index is -0.434. The number of nitro benzene ring substituents is 1.